The van der Waals surface area contributed by atoms with Gasteiger partial charge in [0.15, 0.2) is 0 Å². The van der Waals surface area contributed by atoms with Crippen molar-refractivity contribution >= 4 is 11.6 Å². The van der Waals surface area contributed by atoms with Gasteiger partial charge in [-0.3, -0.25) is 0 Å². The van der Waals surface area contributed by atoms with Gasteiger partial charge in [0.25, 0.3) is 0 Å². The molecule has 0 bridgehead atoms. The molecular weight excluding hydrogens is 196 g/mol. The summed E-state index contributed by atoms with van der Waals surface area (Å²) in [4.78, 5) is 0. The number of ether oxygens (including phenoxy) is 1. The van der Waals surface area contributed by atoms with E-state index >= 15 is 0 Å². The number of allylic oxidation sites excluding steroid dienone is 1. The molecule has 0 spiro atoms. The average molecular weight is 209 g/mol. The Kier molecular flexibility index (Phi) is 2.78. The molecule has 14 heavy (non-hydrogen) atoms. The maximum Gasteiger partial charge on any atom is 0.125 e. The Morgan fingerprint density at radius 3 is 3.14 bits per heavy atom. The smallest absolute Gasteiger partial charge is 0.125 e. The van der Waals surface area contributed by atoms with E-state index in [4.69, 9.17) is 16.3 Å². The van der Waals surface area contributed by atoms with Crippen LogP contribution < -0.4 is 4.74 Å². The Morgan fingerprint density at radius 1 is 1.50 bits per heavy atom. The first kappa shape index (κ1) is 9.60. The van der Waals surface area contributed by atoms with Crippen molar-refractivity contribution in [3.63, 3.8) is 0 Å². The van der Waals surface area contributed by atoms with Gasteiger partial charge in [0.1, 0.15) is 5.75 Å². The van der Waals surface area contributed by atoms with Gasteiger partial charge >= 0.3 is 0 Å². The molecule has 0 aliphatic carbocycles. The zero-order valence-electron chi connectivity index (χ0n) is 8.05. The fourth-order valence-corrected chi connectivity index (χ4v) is 2.05. The van der Waals surface area contributed by atoms with Crippen molar-refractivity contribution in [2.75, 3.05) is 6.61 Å². The van der Waals surface area contributed by atoms with Gasteiger partial charge < -0.3 is 4.74 Å². The first-order valence-corrected chi connectivity index (χ1v) is 5.24. The molecule has 1 aromatic rings. The van der Waals surface area contributed by atoms with Crippen molar-refractivity contribution in [2.45, 2.75) is 19.3 Å². The van der Waals surface area contributed by atoms with Crippen LogP contribution in [0.3, 0.4) is 0 Å². The number of rotatable bonds is 3. The Morgan fingerprint density at radius 2 is 2.36 bits per heavy atom. The molecule has 0 unspecified atom stereocenters. The van der Waals surface area contributed by atoms with Gasteiger partial charge in [-0.25, -0.2) is 0 Å². The molecule has 74 valence electrons. The van der Waals surface area contributed by atoms with Crippen LogP contribution in [-0.4, -0.2) is 6.61 Å². The molecule has 1 aromatic carbocycles. The number of fused-ring (bicyclic) bond motifs is 1. The number of benzene rings is 1. The Balaban J connectivity index is 2.33. The number of halogens is 1. The summed E-state index contributed by atoms with van der Waals surface area (Å²) in [5.41, 5.74) is 2.46. The van der Waals surface area contributed by atoms with Crippen LogP contribution in [0.2, 0.25) is 5.02 Å². The molecule has 0 atom stereocenters. The van der Waals surface area contributed by atoms with E-state index in [1.807, 2.05) is 18.2 Å². The minimum absolute atomic E-state index is 0.788. The Labute approximate surface area is 89.3 Å². The van der Waals surface area contributed by atoms with Crippen LogP contribution in [0.5, 0.6) is 5.75 Å². The van der Waals surface area contributed by atoms with E-state index in [-0.39, 0.29) is 0 Å². The minimum Gasteiger partial charge on any atom is -0.493 e. The third kappa shape index (κ3) is 1.78. The lowest BCUT2D eigenvalue weighted by molar-refractivity contribution is 0.353. The van der Waals surface area contributed by atoms with E-state index in [0.717, 1.165) is 36.6 Å². The summed E-state index contributed by atoms with van der Waals surface area (Å²) in [6, 6.07) is 4.00. The van der Waals surface area contributed by atoms with Crippen molar-refractivity contribution < 1.29 is 4.74 Å². The first-order chi connectivity index (χ1) is 6.81. The lowest BCUT2D eigenvalue weighted by Gasteiger charge is -2.07. The zero-order valence-corrected chi connectivity index (χ0v) is 8.81. The van der Waals surface area contributed by atoms with Gasteiger partial charge in [-0.05, 0) is 36.1 Å². The Bertz CT molecular complexity index is 358. The van der Waals surface area contributed by atoms with Gasteiger partial charge in [0.05, 0.1) is 6.61 Å². The third-order valence-corrected chi connectivity index (χ3v) is 2.66. The highest BCUT2D eigenvalue weighted by molar-refractivity contribution is 6.30. The standard InChI is InChI=1S/C12H13ClO/c1-2-3-4-9-7-11(13)8-10-5-6-14-12(9)10/h2,7-8H,1,3-6H2. The van der Waals surface area contributed by atoms with Crippen LogP contribution in [-0.2, 0) is 12.8 Å². The molecule has 1 nitrogen and oxygen atoms in total. The lowest BCUT2D eigenvalue weighted by Crippen LogP contribution is -1.91. The van der Waals surface area contributed by atoms with E-state index in [1.54, 1.807) is 0 Å². The van der Waals surface area contributed by atoms with E-state index < -0.39 is 0 Å². The SMILES string of the molecule is C=CCCc1cc(Cl)cc2c1OCC2. The fraction of sp³-hybridized carbons (Fsp3) is 0.333. The number of aryl methyl sites for hydroxylation is 1. The predicted octanol–water partition coefficient (Wildman–Crippen LogP) is 3.39. The zero-order chi connectivity index (χ0) is 9.97. The normalized spacial score (nSPS) is 13.5. The van der Waals surface area contributed by atoms with Crippen molar-refractivity contribution in [3.8, 4) is 5.75 Å². The van der Waals surface area contributed by atoms with E-state index in [9.17, 15) is 0 Å². The molecule has 0 N–H and O–H groups in total. The van der Waals surface area contributed by atoms with Crippen molar-refractivity contribution in [1.29, 1.82) is 0 Å². The van der Waals surface area contributed by atoms with E-state index in [2.05, 4.69) is 6.58 Å². The molecule has 2 heteroatoms. The molecule has 0 amide bonds. The highest BCUT2D eigenvalue weighted by atomic mass is 35.5. The molecule has 0 aromatic heterocycles. The van der Waals surface area contributed by atoms with Gasteiger partial charge in [0.2, 0.25) is 0 Å². The molecule has 0 radical (unpaired) electrons. The maximum absolute atomic E-state index is 6.03. The second kappa shape index (κ2) is 4.05. The highest BCUT2D eigenvalue weighted by Gasteiger charge is 2.16. The van der Waals surface area contributed by atoms with Crippen LogP contribution in [0.4, 0.5) is 0 Å². The van der Waals surface area contributed by atoms with Crippen molar-refractivity contribution in [3.05, 3.63) is 40.9 Å². The first-order valence-electron chi connectivity index (χ1n) is 4.86. The molecule has 1 heterocycles. The fourth-order valence-electron chi connectivity index (χ4n) is 1.79. The Hall–Kier alpha value is -0.950. The summed E-state index contributed by atoms with van der Waals surface area (Å²) in [6.45, 7) is 4.51. The lowest BCUT2D eigenvalue weighted by atomic mass is 10.0. The monoisotopic (exact) mass is 208 g/mol. The van der Waals surface area contributed by atoms with Gasteiger partial charge in [-0.15, -0.1) is 6.58 Å². The largest absolute Gasteiger partial charge is 0.493 e. The van der Waals surface area contributed by atoms with Crippen molar-refractivity contribution in [1.82, 2.24) is 0 Å². The maximum atomic E-state index is 6.03. The molecule has 1 aliphatic rings. The van der Waals surface area contributed by atoms with Crippen LogP contribution >= 0.6 is 11.6 Å². The van der Waals surface area contributed by atoms with Crippen LogP contribution in [0, 0.1) is 0 Å². The van der Waals surface area contributed by atoms with Crippen LogP contribution in [0.15, 0.2) is 24.8 Å². The summed E-state index contributed by atoms with van der Waals surface area (Å²) >= 11 is 6.03. The van der Waals surface area contributed by atoms with E-state index in [0.29, 0.717) is 0 Å². The number of hydrogen-bond acceptors (Lipinski definition) is 1. The molecule has 2 rings (SSSR count). The topological polar surface area (TPSA) is 9.23 Å². The summed E-state index contributed by atoms with van der Waals surface area (Å²) in [6.07, 6.45) is 4.84. The van der Waals surface area contributed by atoms with Crippen LogP contribution in [0.1, 0.15) is 17.5 Å². The summed E-state index contributed by atoms with van der Waals surface area (Å²) in [5.74, 6) is 1.05. The van der Waals surface area contributed by atoms with Crippen LogP contribution in [0.25, 0.3) is 0 Å². The molecular formula is C12H13ClO. The van der Waals surface area contributed by atoms with Gasteiger partial charge in [0, 0.05) is 11.4 Å². The quantitative estimate of drug-likeness (QED) is 0.692. The molecule has 0 fully saturated rings. The molecule has 1 aliphatic heterocycles. The predicted molar refractivity (Wildman–Crippen MR) is 59.2 cm³/mol. The summed E-state index contributed by atoms with van der Waals surface area (Å²) in [5, 5.41) is 0.813. The second-order valence-corrected chi connectivity index (χ2v) is 3.92. The molecule has 0 saturated heterocycles. The summed E-state index contributed by atoms with van der Waals surface area (Å²) in [7, 11) is 0. The summed E-state index contributed by atoms with van der Waals surface area (Å²) < 4.78 is 5.59. The van der Waals surface area contributed by atoms with E-state index in [1.165, 1.54) is 11.1 Å². The number of hydrogen-bond donors (Lipinski definition) is 0. The van der Waals surface area contributed by atoms with Gasteiger partial charge in [-0.2, -0.15) is 0 Å². The third-order valence-electron chi connectivity index (χ3n) is 2.44. The highest BCUT2D eigenvalue weighted by Crippen LogP contribution is 2.33. The second-order valence-electron chi connectivity index (χ2n) is 3.48. The molecule has 0 saturated carbocycles. The minimum atomic E-state index is 0.788. The average Bonchev–Trinajstić information content (AvgIpc) is 2.61. The van der Waals surface area contributed by atoms with Gasteiger partial charge in [-0.1, -0.05) is 17.7 Å². The van der Waals surface area contributed by atoms with Crippen molar-refractivity contribution in [2.24, 2.45) is 0 Å².